The molecule has 0 aliphatic carbocycles. The Labute approximate surface area is 146 Å². The lowest BCUT2D eigenvalue weighted by Gasteiger charge is -2.44. The molecule has 4 heterocycles. The Morgan fingerprint density at radius 3 is 2.80 bits per heavy atom. The number of fused-ring (bicyclic) bond motifs is 2. The zero-order valence-corrected chi connectivity index (χ0v) is 14.5. The quantitative estimate of drug-likeness (QED) is 0.875. The van der Waals surface area contributed by atoms with E-state index < -0.39 is 5.60 Å². The molecule has 1 amide bonds. The Kier molecular flexibility index (Phi) is 3.91. The van der Waals surface area contributed by atoms with Crippen molar-refractivity contribution < 1.29 is 9.53 Å². The molecule has 0 unspecified atom stereocenters. The van der Waals surface area contributed by atoms with E-state index in [1.54, 1.807) is 6.20 Å². The minimum Gasteiger partial charge on any atom is -0.368 e. The van der Waals surface area contributed by atoms with E-state index >= 15 is 0 Å². The van der Waals surface area contributed by atoms with Crippen molar-refractivity contribution in [3.63, 3.8) is 0 Å². The Bertz CT molecular complexity index is 765. The molecule has 0 atom stereocenters. The first-order valence-electron chi connectivity index (χ1n) is 8.54. The van der Waals surface area contributed by atoms with Gasteiger partial charge in [-0.1, -0.05) is 0 Å². The first-order valence-corrected chi connectivity index (χ1v) is 8.54. The Morgan fingerprint density at radius 2 is 2.12 bits per heavy atom. The standard InChI is InChI=1S/C17H22N6O2/c1-22(2)16-19-9-12-3-8-25-17(14(12)21-16)4-6-23(7-5-17)15(24)13-10-18-11-20-13/h9-11H,3-8H2,1-2H3,(H,18,20). The zero-order valence-electron chi connectivity index (χ0n) is 14.5. The Balaban J connectivity index is 1.57. The number of carbonyl (C=O) groups is 1. The van der Waals surface area contributed by atoms with Gasteiger partial charge < -0.3 is 19.5 Å². The van der Waals surface area contributed by atoms with E-state index in [0.29, 0.717) is 31.3 Å². The summed E-state index contributed by atoms with van der Waals surface area (Å²) in [6.07, 6.45) is 7.33. The smallest absolute Gasteiger partial charge is 0.271 e. The summed E-state index contributed by atoms with van der Waals surface area (Å²) in [4.78, 5) is 32.3. The van der Waals surface area contributed by atoms with Crippen LogP contribution < -0.4 is 4.90 Å². The van der Waals surface area contributed by atoms with Crippen molar-refractivity contribution in [2.24, 2.45) is 0 Å². The summed E-state index contributed by atoms with van der Waals surface area (Å²) < 4.78 is 6.22. The van der Waals surface area contributed by atoms with Crippen LogP contribution >= 0.6 is 0 Å². The number of hydrogen-bond acceptors (Lipinski definition) is 6. The highest BCUT2D eigenvalue weighted by molar-refractivity contribution is 5.92. The van der Waals surface area contributed by atoms with Gasteiger partial charge in [0.15, 0.2) is 0 Å². The van der Waals surface area contributed by atoms with Crippen LogP contribution in [0.4, 0.5) is 5.95 Å². The number of nitrogens with zero attached hydrogens (tertiary/aromatic N) is 5. The predicted molar refractivity (Wildman–Crippen MR) is 91.4 cm³/mol. The van der Waals surface area contributed by atoms with E-state index in [1.807, 2.05) is 30.1 Å². The number of likely N-dealkylation sites (tertiary alicyclic amines) is 1. The van der Waals surface area contributed by atoms with Gasteiger partial charge in [-0.15, -0.1) is 0 Å². The molecule has 4 rings (SSSR count). The van der Waals surface area contributed by atoms with Crippen LogP contribution in [0.2, 0.25) is 0 Å². The predicted octanol–water partition coefficient (Wildman–Crippen LogP) is 0.970. The molecule has 1 fully saturated rings. The fourth-order valence-electron chi connectivity index (χ4n) is 3.61. The summed E-state index contributed by atoms with van der Waals surface area (Å²) in [6, 6.07) is 0. The molecular weight excluding hydrogens is 320 g/mol. The number of ether oxygens (including phenoxy) is 1. The highest BCUT2D eigenvalue weighted by atomic mass is 16.5. The average molecular weight is 342 g/mol. The maximum Gasteiger partial charge on any atom is 0.271 e. The van der Waals surface area contributed by atoms with Crippen LogP contribution in [0.15, 0.2) is 18.7 Å². The number of rotatable bonds is 2. The molecule has 0 saturated carbocycles. The number of H-pyrrole nitrogens is 1. The SMILES string of the molecule is CN(C)c1ncc2c(n1)C1(CCN(C(=O)c3cnc[nH]3)CC1)OCC2. The van der Waals surface area contributed by atoms with E-state index in [9.17, 15) is 4.79 Å². The van der Waals surface area contributed by atoms with Crippen molar-refractivity contribution in [2.75, 3.05) is 38.7 Å². The van der Waals surface area contributed by atoms with Gasteiger partial charge in [0.2, 0.25) is 5.95 Å². The molecule has 8 heteroatoms. The fourth-order valence-corrected chi connectivity index (χ4v) is 3.61. The second-order valence-electron chi connectivity index (χ2n) is 6.79. The molecule has 1 saturated heterocycles. The van der Waals surface area contributed by atoms with Gasteiger partial charge in [0.1, 0.15) is 11.3 Å². The number of piperidine rings is 1. The number of nitrogens with one attached hydrogen (secondary N) is 1. The zero-order chi connectivity index (χ0) is 17.4. The Morgan fingerprint density at radius 1 is 1.32 bits per heavy atom. The first-order chi connectivity index (χ1) is 12.1. The monoisotopic (exact) mass is 342 g/mol. The van der Waals surface area contributed by atoms with Crippen molar-refractivity contribution >= 4 is 11.9 Å². The van der Waals surface area contributed by atoms with Crippen molar-refractivity contribution in [1.29, 1.82) is 0 Å². The van der Waals surface area contributed by atoms with Gasteiger partial charge in [-0.25, -0.2) is 15.0 Å². The maximum atomic E-state index is 12.5. The van der Waals surface area contributed by atoms with Crippen molar-refractivity contribution in [2.45, 2.75) is 24.9 Å². The number of amides is 1. The van der Waals surface area contributed by atoms with Gasteiger partial charge in [0, 0.05) is 33.4 Å². The number of imidazole rings is 1. The van der Waals surface area contributed by atoms with E-state index in [4.69, 9.17) is 9.72 Å². The van der Waals surface area contributed by atoms with Crippen molar-refractivity contribution in [1.82, 2.24) is 24.8 Å². The number of carbonyl (C=O) groups excluding carboxylic acids is 1. The molecule has 25 heavy (non-hydrogen) atoms. The maximum absolute atomic E-state index is 12.5. The summed E-state index contributed by atoms with van der Waals surface area (Å²) in [5.74, 6) is 0.680. The second-order valence-corrected chi connectivity index (χ2v) is 6.79. The van der Waals surface area contributed by atoms with E-state index in [2.05, 4.69) is 15.0 Å². The van der Waals surface area contributed by atoms with Crippen LogP contribution in [0.25, 0.3) is 0 Å². The van der Waals surface area contributed by atoms with Gasteiger partial charge in [-0.05, 0) is 24.8 Å². The largest absolute Gasteiger partial charge is 0.368 e. The topological polar surface area (TPSA) is 87.2 Å². The summed E-state index contributed by atoms with van der Waals surface area (Å²) >= 11 is 0. The van der Waals surface area contributed by atoms with E-state index in [0.717, 1.165) is 30.5 Å². The van der Waals surface area contributed by atoms with Gasteiger partial charge in [0.05, 0.1) is 24.8 Å². The molecule has 2 aromatic rings. The van der Waals surface area contributed by atoms with Crippen molar-refractivity contribution in [3.05, 3.63) is 35.7 Å². The fraction of sp³-hybridized carbons (Fsp3) is 0.529. The van der Waals surface area contributed by atoms with Crippen LogP contribution in [-0.2, 0) is 16.8 Å². The summed E-state index contributed by atoms with van der Waals surface area (Å²) in [6.45, 7) is 1.95. The highest BCUT2D eigenvalue weighted by Gasteiger charge is 2.43. The van der Waals surface area contributed by atoms with Gasteiger partial charge >= 0.3 is 0 Å². The lowest BCUT2D eigenvalue weighted by Crippen LogP contribution is -2.49. The lowest BCUT2D eigenvalue weighted by atomic mass is 9.83. The molecule has 0 radical (unpaired) electrons. The summed E-state index contributed by atoms with van der Waals surface area (Å²) in [5, 5.41) is 0. The van der Waals surface area contributed by atoms with Crippen LogP contribution in [-0.4, -0.2) is 64.5 Å². The van der Waals surface area contributed by atoms with Crippen LogP contribution in [0.3, 0.4) is 0 Å². The molecule has 0 aromatic carbocycles. The molecular formula is C17H22N6O2. The summed E-state index contributed by atoms with van der Waals surface area (Å²) in [5.41, 5.74) is 2.26. The molecule has 2 aliphatic heterocycles. The minimum atomic E-state index is -0.411. The van der Waals surface area contributed by atoms with E-state index in [-0.39, 0.29) is 5.91 Å². The molecule has 2 aliphatic rings. The lowest BCUT2D eigenvalue weighted by molar-refractivity contribution is -0.0967. The third-order valence-electron chi connectivity index (χ3n) is 5.02. The van der Waals surface area contributed by atoms with Gasteiger partial charge in [-0.2, -0.15) is 0 Å². The number of hydrogen-bond donors (Lipinski definition) is 1. The third-order valence-corrected chi connectivity index (χ3v) is 5.02. The minimum absolute atomic E-state index is 0.0138. The highest BCUT2D eigenvalue weighted by Crippen LogP contribution is 2.40. The summed E-state index contributed by atoms with van der Waals surface area (Å²) in [7, 11) is 3.87. The van der Waals surface area contributed by atoms with Crippen molar-refractivity contribution in [3.8, 4) is 0 Å². The molecule has 2 aromatic heterocycles. The van der Waals surface area contributed by atoms with Gasteiger partial charge in [-0.3, -0.25) is 4.79 Å². The molecule has 1 N–H and O–H groups in total. The normalized spacial score (nSPS) is 18.9. The third kappa shape index (κ3) is 2.76. The van der Waals surface area contributed by atoms with Crippen LogP contribution in [0, 0.1) is 0 Å². The number of aromatic amines is 1. The van der Waals surface area contributed by atoms with E-state index in [1.165, 1.54) is 6.33 Å². The van der Waals surface area contributed by atoms with Crippen LogP contribution in [0.1, 0.15) is 34.6 Å². The first kappa shape index (κ1) is 16.0. The Hall–Kier alpha value is -2.48. The second kappa shape index (κ2) is 6.11. The van der Waals surface area contributed by atoms with Crippen LogP contribution in [0.5, 0.6) is 0 Å². The molecule has 132 valence electrons. The van der Waals surface area contributed by atoms with Gasteiger partial charge in [0.25, 0.3) is 5.91 Å². The molecule has 8 nitrogen and oxygen atoms in total. The average Bonchev–Trinajstić information content (AvgIpc) is 3.16. The molecule has 0 bridgehead atoms. The number of anilines is 1. The number of aromatic nitrogens is 4. The molecule has 1 spiro atoms.